The van der Waals surface area contributed by atoms with Gasteiger partial charge in [-0.2, -0.15) is 0 Å². The molecule has 0 radical (unpaired) electrons. The third-order valence-corrected chi connectivity index (χ3v) is 18.1. The molecule has 25 heteroatoms. The van der Waals surface area contributed by atoms with Crippen molar-refractivity contribution in [3.8, 4) is 11.5 Å². The Hall–Kier alpha value is -10.8. The SMILES string of the molecule is CC(C)(C)C(=O)c1cc2cc(CC(=O)c3ccc(N)cc3)ccc2[nH]1.CC(C)(C)C(=O)c1cc2cc(CC(=O)c3cn(CCOCCOCCOCCCC(=O)c4ccc(N)cc4)nn3)ccc2[nH]1.COCCOCCOCCOCCOc1ccc2[nH]c(C(=O)C(C)(C)C)cc2c1.COc1ccc2[nH]c(C(=O)C(C)(C)C)cc2c1. The van der Waals surface area contributed by atoms with Crippen LogP contribution < -0.4 is 20.9 Å². The zero-order chi connectivity index (χ0) is 83.5. The first-order valence-electron chi connectivity index (χ1n) is 38.7. The molecule has 8 N–H and O–H groups in total. The van der Waals surface area contributed by atoms with E-state index in [2.05, 4.69) is 30.2 Å². The lowest BCUT2D eigenvalue weighted by Crippen LogP contribution is -2.20. The predicted molar refractivity (Wildman–Crippen MR) is 449 cm³/mol. The molecule has 0 fully saturated rings. The second kappa shape index (κ2) is 42.6. The summed E-state index contributed by atoms with van der Waals surface area (Å²) < 4.78 is 50.2. The van der Waals surface area contributed by atoms with Crippen LogP contribution in [0.25, 0.3) is 43.6 Å². The third-order valence-electron chi connectivity index (χ3n) is 18.1. The minimum absolute atomic E-state index is 0.0400. The number of benzene rings is 6. The van der Waals surface area contributed by atoms with Gasteiger partial charge in [-0.15, -0.1) is 5.10 Å². The van der Waals surface area contributed by atoms with E-state index in [0.717, 1.165) is 66.2 Å². The maximum atomic E-state index is 12.8. The Kier molecular flexibility index (Phi) is 33.2. The van der Waals surface area contributed by atoms with E-state index >= 15 is 0 Å². The second-order valence-corrected chi connectivity index (χ2v) is 31.9. The van der Waals surface area contributed by atoms with Crippen molar-refractivity contribution in [1.82, 2.24) is 34.9 Å². The van der Waals surface area contributed by atoms with Crippen LogP contribution in [0.5, 0.6) is 11.5 Å². The highest BCUT2D eigenvalue weighted by Gasteiger charge is 2.28. The van der Waals surface area contributed by atoms with Gasteiger partial charge in [0.1, 0.15) is 23.8 Å². The van der Waals surface area contributed by atoms with Crippen LogP contribution in [0.1, 0.15) is 180 Å². The van der Waals surface area contributed by atoms with Gasteiger partial charge in [0.05, 0.1) is 122 Å². The summed E-state index contributed by atoms with van der Waals surface area (Å²) in [5.74, 6) is 1.85. The van der Waals surface area contributed by atoms with Crippen LogP contribution in [0.15, 0.2) is 152 Å². The minimum Gasteiger partial charge on any atom is -0.497 e. The van der Waals surface area contributed by atoms with Gasteiger partial charge >= 0.3 is 0 Å². The summed E-state index contributed by atoms with van der Waals surface area (Å²) in [6.45, 7) is 30.2. The molecule has 0 unspecified atom stereocenters. The van der Waals surface area contributed by atoms with Crippen LogP contribution in [-0.2, 0) is 52.5 Å². The fourth-order valence-electron chi connectivity index (χ4n) is 11.6. The van der Waals surface area contributed by atoms with E-state index in [1.54, 1.807) is 73.6 Å². The van der Waals surface area contributed by atoms with E-state index in [1.165, 1.54) is 0 Å². The van der Waals surface area contributed by atoms with Crippen molar-refractivity contribution in [2.24, 2.45) is 21.7 Å². The van der Waals surface area contributed by atoms with Crippen LogP contribution in [0.2, 0.25) is 0 Å². The molecular formula is C90H113N9O16. The molecule has 11 rings (SSSR count). The number of anilines is 2. The fourth-order valence-corrected chi connectivity index (χ4v) is 11.6. The van der Waals surface area contributed by atoms with Crippen molar-refractivity contribution in [3.63, 3.8) is 0 Å². The first-order chi connectivity index (χ1) is 54.7. The zero-order valence-electron chi connectivity index (χ0n) is 68.9. The van der Waals surface area contributed by atoms with E-state index in [9.17, 15) is 33.6 Å². The number of fused-ring (bicyclic) bond motifs is 4. The molecule has 0 atom stereocenters. The highest BCUT2D eigenvalue weighted by molar-refractivity contribution is 6.06. The molecule has 0 amide bonds. The van der Waals surface area contributed by atoms with Crippen LogP contribution in [-0.4, -0.2) is 182 Å². The smallest absolute Gasteiger partial charge is 0.189 e. The van der Waals surface area contributed by atoms with Crippen LogP contribution in [0.3, 0.4) is 0 Å². The molecule has 0 aliphatic carbocycles. The summed E-state index contributed by atoms with van der Waals surface area (Å²) in [4.78, 5) is 99.6. The predicted octanol–water partition coefficient (Wildman–Crippen LogP) is 16.0. The molecule has 0 bridgehead atoms. The Labute approximate surface area is 672 Å². The molecule has 0 spiro atoms. The van der Waals surface area contributed by atoms with E-state index < -0.39 is 16.2 Å². The number of nitrogens with zero attached hydrogens (tertiary/aromatic N) is 3. The Bertz CT molecular complexity index is 5020. The Balaban J connectivity index is 0.000000203. The lowest BCUT2D eigenvalue weighted by molar-refractivity contribution is 0.000169. The number of hydrogen-bond acceptors (Lipinski definition) is 20. The largest absolute Gasteiger partial charge is 0.497 e. The lowest BCUT2D eigenvalue weighted by atomic mass is 9.89. The topological polar surface area (TPSA) is 348 Å². The minimum atomic E-state index is -0.481. The van der Waals surface area contributed by atoms with E-state index in [1.807, 2.05) is 180 Å². The van der Waals surface area contributed by atoms with Crippen LogP contribution in [0, 0.1) is 21.7 Å². The van der Waals surface area contributed by atoms with Crippen molar-refractivity contribution in [1.29, 1.82) is 0 Å². The quantitative estimate of drug-likeness (QED) is 0.0119. The lowest BCUT2D eigenvalue weighted by Gasteiger charge is -2.14. The normalized spacial score (nSPS) is 11.7. The van der Waals surface area contributed by atoms with Gasteiger partial charge in [-0.3, -0.25) is 33.6 Å². The monoisotopic (exact) mass is 1580 g/mol. The van der Waals surface area contributed by atoms with Crippen molar-refractivity contribution < 1.29 is 76.2 Å². The van der Waals surface area contributed by atoms with Crippen molar-refractivity contribution in [2.75, 3.05) is 118 Å². The number of rotatable bonds is 38. The number of ketones is 7. The Morgan fingerprint density at radius 3 is 1.13 bits per heavy atom. The third kappa shape index (κ3) is 28.3. The van der Waals surface area contributed by atoms with Gasteiger partial charge in [-0.1, -0.05) is 100 Å². The van der Waals surface area contributed by atoms with E-state index in [-0.39, 0.29) is 52.3 Å². The molecule has 5 heterocycles. The number of aromatic nitrogens is 7. The summed E-state index contributed by atoms with van der Waals surface area (Å²) in [6, 6.07) is 44.3. The maximum absolute atomic E-state index is 12.8. The van der Waals surface area contributed by atoms with Gasteiger partial charge in [0.2, 0.25) is 0 Å². The summed E-state index contributed by atoms with van der Waals surface area (Å²) in [6.07, 6.45) is 3.19. The molecule has 0 saturated heterocycles. The number of nitrogens with one attached hydrogen (secondary N) is 4. The maximum Gasteiger partial charge on any atom is 0.189 e. The zero-order valence-corrected chi connectivity index (χ0v) is 68.9. The molecule has 25 nitrogen and oxygen atoms in total. The number of methoxy groups -OCH3 is 2. The molecule has 0 aliphatic heterocycles. The van der Waals surface area contributed by atoms with Crippen LogP contribution in [0.4, 0.5) is 11.4 Å². The summed E-state index contributed by atoms with van der Waals surface area (Å²) in [7, 11) is 3.28. The van der Waals surface area contributed by atoms with Crippen molar-refractivity contribution in [3.05, 3.63) is 203 Å². The van der Waals surface area contributed by atoms with Gasteiger partial charge in [0, 0.05) is 121 Å². The van der Waals surface area contributed by atoms with E-state index in [4.69, 9.17) is 54.1 Å². The van der Waals surface area contributed by atoms with Gasteiger partial charge in [-0.05, 0) is 151 Å². The summed E-state index contributed by atoms with van der Waals surface area (Å²) in [5, 5.41) is 11.8. The van der Waals surface area contributed by atoms with E-state index in [0.29, 0.717) is 169 Å². The first-order valence-corrected chi connectivity index (χ1v) is 38.7. The van der Waals surface area contributed by atoms with Gasteiger partial charge in [0.25, 0.3) is 0 Å². The average molecular weight is 1580 g/mol. The van der Waals surface area contributed by atoms with Crippen LogP contribution >= 0.6 is 0 Å². The highest BCUT2D eigenvalue weighted by atomic mass is 16.6. The number of aromatic amines is 4. The standard InChI is InChI=1S/C33H41N5O6.C22H33NO6.C21H22N2O2.C14H17NO2/c1-33(2,3)32(41)28-21-25-19-23(6-11-27(25)35-28)20-31(40)29-22-38(37-36-29)12-14-43-16-18-44-17-15-42-13-4-5-30(39)24-7-9-26(34)10-8-24;1-22(2,3)21(24)20-16-17-15-18(5-6-19(17)23-20)29-14-13-28-12-11-27-10-9-26-8-7-25-4;1-21(2,3)20(25)18-12-15-10-13(4-9-17(15)23-18)11-19(24)14-5-7-16(22)8-6-14;1-14(2,3)13(16)12-8-9-7-10(17-4)5-6-11(9)15-12/h6-11,19,21-22,35H,4-5,12-18,20,34H2,1-3H3;5-6,15-16,23H,7-14H2,1-4H3;4-10,12,23H,11,22H2,1-3H3;5-8,15H,1-4H3. The molecule has 6 aromatic carbocycles. The van der Waals surface area contributed by atoms with Gasteiger partial charge < -0.3 is 74.0 Å². The number of nitrogens with two attached hydrogens (primary N) is 2. The Morgan fingerprint density at radius 2 is 0.722 bits per heavy atom. The molecule has 0 aliphatic rings. The number of ether oxygens (including phenoxy) is 9. The summed E-state index contributed by atoms with van der Waals surface area (Å²) in [5.41, 5.74) is 20.3. The number of hydrogen-bond donors (Lipinski definition) is 6. The molecule has 11 aromatic rings. The Morgan fingerprint density at radius 1 is 0.374 bits per heavy atom. The van der Waals surface area contributed by atoms with Gasteiger partial charge in [-0.25, -0.2) is 4.68 Å². The molecule has 0 saturated carbocycles. The molecule has 5 aromatic heterocycles. The number of carbonyl (C=O) groups excluding carboxylic acids is 7. The number of carbonyl (C=O) groups is 7. The molecule has 614 valence electrons. The van der Waals surface area contributed by atoms with Crippen molar-refractivity contribution in [2.45, 2.75) is 115 Å². The number of H-pyrrole nitrogens is 4. The van der Waals surface area contributed by atoms with Gasteiger partial charge in [0.15, 0.2) is 40.5 Å². The number of Topliss-reactive ketones (excluding diaryl/α,β-unsaturated/α-hetero) is 7. The van der Waals surface area contributed by atoms with Crippen molar-refractivity contribution >= 4 is 95.5 Å². The fraction of sp³-hybridized carbons (Fsp3) is 0.411. The summed E-state index contributed by atoms with van der Waals surface area (Å²) >= 11 is 0. The number of nitrogen functional groups attached to an aromatic ring is 2. The molecule has 115 heavy (non-hydrogen) atoms. The average Bonchev–Trinajstić information content (AvgIpc) is 1.66. The highest BCUT2D eigenvalue weighted by Crippen LogP contribution is 2.31. The first kappa shape index (κ1) is 89.8. The second-order valence-electron chi connectivity index (χ2n) is 31.9. The molecular weight excluding hydrogens is 1460 g/mol.